The highest BCUT2D eigenvalue weighted by molar-refractivity contribution is 5.69. The van der Waals surface area contributed by atoms with Crippen LogP contribution >= 0.6 is 0 Å². The molecule has 0 aliphatic heterocycles. The summed E-state index contributed by atoms with van der Waals surface area (Å²) < 4.78 is 6.06. The lowest BCUT2D eigenvalue weighted by molar-refractivity contribution is 0.0120. The van der Waals surface area contributed by atoms with Crippen molar-refractivity contribution in [3.05, 3.63) is 48.2 Å². The van der Waals surface area contributed by atoms with Crippen LogP contribution in [-0.4, -0.2) is 10.6 Å². The molecule has 4 heteroatoms. The number of benzene rings is 1. The highest BCUT2D eigenvalue weighted by atomic mass is 16.5. The average Bonchev–Trinajstić information content (AvgIpc) is 2.47. The Balaban J connectivity index is 1.71. The number of ether oxygens (including phenoxy) is 1. The van der Waals surface area contributed by atoms with Crippen molar-refractivity contribution in [2.24, 2.45) is 0 Å². The molecule has 1 aliphatic carbocycles. The highest BCUT2D eigenvalue weighted by Crippen LogP contribution is 2.39. The smallest absolute Gasteiger partial charge is 0.153 e. The van der Waals surface area contributed by atoms with E-state index in [1.165, 1.54) is 12.0 Å². The average molecular weight is 283 g/mol. The van der Waals surface area contributed by atoms with Crippen LogP contribution in [-0.2, 0) is 6.54 Å². The topological polar surface area (TPSA) is 60.2 Å². The normalized spacial score (nSPS) is 16.0. The number of hydrogen-bond acceptors (Lipinski definition) is 4. The fourth-order valence-electron chi connectivity index (χ4n) is 2.51. The van der Waals surface area contributed by atoms with E-state index in [-0.39, 0.29) is 5.60 Å². The number of nitrogen functional groups attached to an aromatic ring is 1. The zero-order valence-corrected chi connectivity index (χ0v) is 12.3. The number of aromatic nitrogens is 1. The lowest BCUT2D eigenvalue weighted by Crippen LogP contribution is -2.39. The van der Waals surface area contributed by atoms with Gasteiger partial charge < -0.3 is 15.8 Å². The van der Waals surface area contributed by atoms with Crippen molar-refractivity contribution in [2.45, 2.75) is 38.3 Å². The SMILES string of the molecule is CC1(Oc2ccnc(NCc3ccccc3)c2N)CCC1. The van der Waals surface area contributed by atoms with Gasteiger partial charge in [-0.3, -0.25) is 0 Å². The van der Waals surface area contributed by atoms with E-state index in [2.05, 4.69) is 29.4 Å². The van der Waals surface area contributed by atoms with Crippen molar-refractivity contribution in [1.29, 1.82) is 0 Å². The first-order valence-electron chi connectivity index (χ1n) is 7.38. The van der Waals surface area contributed by atoms with E-state index in [0.717, 1.165) is 18.6 Å². The standard InChI is InChI=1S/C17H21N3O/c1-17(9-5-10-17)21-14-8-11-19-16(15(14)18)20-12-13-6-3-2-4-7-13/h2-4,6-8,11H,5,9-10,12,18H2,1H3,(H,19,20). The van der Waals surface area contributed by atoms with Crippen LogP contribution in [0.2, 0.25) is 0 Å². The Bertz CT molecular complexity index is 609. The van der Waals surface area contributed by atoms with Crippen molar-refractivity contribution < 1.29 is 4.74 Å². The predicted molar refractivity (Wildman–Crippen MR) is 85.3 cm³/mol. The van der Waals surface area contributed by atoms with Gasteiger partial charge in [-0.2, -0.15) is 0 Å². The van der Waals surface area contributed by atoms with Gasteiger partial charge in [0, 0.05) is 18.8 Å². The molecular weight excluding hydrogens is 262 g/mol. The minimum absolute atomic E-state index is 0.0633. The predicted octanol–water partition coefficient (Wildman–Crippen LogP) is 3.60. The van der Waals surface area contributed by atoms with E-state index in [1.807, 2.05) is 24.3 Å². The minimum atomic E-state index is -0.0633. The third kappa shape index (κ3) is 3.10. The second kappa shape index (κ2) is 5.64. The van der Waals surface area contributed by atoms with Crippen LogP contribution < -0.4 is 15.8 Å². The van der Waals surface area contributed by atoms with E-state index in [4.69, 9.17) is 10.5 Å². The lowest BCUT2D eigenvalue weighted by atomic mass is 9.82. The van der Waals surface area contributed by atoms with E-state index in [9.17, 15) is 0 Å². The molecule has 2 aromatic rings. The van der Waals surface area contributed by atoms with E-state index in [1.54, 1.807) is 6.20 Å². The van der Waals surface area contributed by atoms with Gasteiger partial charge in [0.25, 0.3) is 0 Å². The van der Waals surface area contributed by atoms with Gasteiger partial charge in [-0.05, 0) is 31.7 Å². The molecule has 3 rings (SSSR count). The van der Waals surface area contributed by atoms with Gasteiger partial charge in [-0.15, -0.1) is 0 Å². The fourth-order valence-corrected chi connectivity index (χ4v) is 2.51. The Morgan fingerprint density at radius 2 is 2.00 bits per heavy atom. The Labute approximate surface area is 125 Å². The maximum Gasteiger partial charge on any atom is 0.153 e. The lowest BCUT2D eigenvalue weighted by Gasteiger charge is -2.38. The molecule has 0 radical (unpaired) electrons. The Morgan fingerprint density at radius 1 is 1.24 bits per heavy atom. The van der Waals surface area contributed by atoms with E-state index < -0.39 is 0 Å². The molecule has 0 unspecified atom stereocenters. The van der Waals surface area contributed by atoms with Crippen molar-refractivity contribution in [2.75, 3.05) is 11.1 Å². The van der Waals surface area contributed by atoms with Crippen molar-refractivity contribution in [3.63, 3.8) is 0 Å². The number of nitrogens with one attached hydrogen (secondary N) is 1. The summed E-state index contributed by atoms with van der Waals surface area (Å²) in [5, 5.41) is 3.28. The van der Waals surface area contributed by atoms with Gasteiger partial charge >= 0.3 is 0 Å². The van der Waals surface area contributed by atoms with Crippen LogP contribution in [0, 0.1) is 0 Å². The second-order valence-electron chi connectivity index (χ2n) is 5.82. The van der Waals surface area contributed by atoms with E-state index in [0.29, 0.717) is 18.1 Å². The molecule has 110 valence electrons. The third-order valence-corrected chi connectivity index (χ3v) is 4.02. The van der Waals surface area contributed by atoms with Crippen LogP contribution in [0.5, 0.6) is 5.75 Å². The summed E-state index contributed by atoms with van der Waals surface area (Å²) in [4.78, 5) is 4.31. The molecule has 0 saturated heterocycles. The summed E-state index contributed by atoms with van der Waals surface area (Å²) in [6.45, 7) is 2.83. The third-order valence-electron chi connectivity index (χ3n) is 4.02. The quantitative estimate of drug-likeness (QED) is 0.880. The van der Waals surface area contributed by atoms with Gasteiger partial charge in [-0.1, -0.05) is 30.3 Å². The zero-order chi connectivity index (χ0) is 14.7. The van der Waals surface area contributed by atoms with E-state index >= 15 is 0 Å². The number of hydrogen-bond donors (Lipinski definition) is 2. The first kappa shape index (κ1) is 13.7. The zero-order valence-electron chi connectivity index (χ0n) is 12.3. The molecule has 1 aromatic heterocycles. The molecule has 0 spiro atoms. The maximum atomic E-state index is 6.18. The Kier molecular flexibility index (Phi) is 3.69. The monoisotopic (exact) mass is 283 g/mol. The van der Waals surface area contributed by atoms with Crippen molar-refractivity contribution in [1.82, 2.24) is 4.98 Å². The molecule has 0 atom stereocenters. The molecule has 3 N–H and O–H groups in total. The molecule has 0 amide bonds. The van der Waals surface area contributed by atoms with Crippen LogP contribution in [0.4, 0.5) is 11.5 Å². The molecule has 1 aromatic carbocycles. The maximum absolute atomic E-state index is 6.18. The molecule has 1 saturated carbocycles. The molecule has 1 aliphatic rings. The summed E-state index contributed by atoms with van der Waals surface area (Å²) in [5.41, 5.74) is 7.90. The molecule has 1 heterocycles. The first-order chi connectivity index (χ1) is 10.2. The number of rotatable bonds is 5. The summed E-state index contributed by atoms with van der Waals surface area (Å²) in [6, 6.07) is 12.0. The summed E-state index contributed by atoms with van der Waals surface area (Å²) in [5.74, 6) is 1.40. The van der Waals surface area contributed by atoms with Crippen LogP contribution in [0.3, 0.4) is 0 Å². The van der Waals surface area contributed by atoms with Crippen LogP contribution in [0.1, 0.15) is 31.7 Å². The van der Waals surface area contributed by atoms with Crippen LogP contribution in [0.25, 0.3) is 0 Å². The summed E-state index contributed by atoms with van der Waals surface area (Å²) >= 11 is 0. The number of pyridine rings is 1. The van der Waals surface area contributed by atoms with Gasteiger partial charge in [0.15, 0.2) is 5.82 Å². The molecule has 1 fully saturated rings. The van der Waals surface area contributed by atoms with Gasteiger partial charge in [0.2, 0.25) is 0 Å². The Hall–Kier alpha value is -2.23. The van der Waals surface area contributed by atoms with Crippen molar-refractivity contribution in [3.8, 4) is 5.75 Å². The number of nitrogens with two attached hydrogens (primary N) is 1. The largest absolute Gasteiger partial charge is 0.485 e. The van der Waals surface area contributed by atoms with Gasteiger partial charge in [0.1, 0.15) is 17.0 Å². The number of anilines is 2. The molecule has 21 heavy (non-hydrogen) atoms. The number of nitrogens with zero attached hydrogens (tertiary/aromatic N) is 1. The molecule has 0 bridgehead atoms. The molecular formula is C17H21N3O. The summed E-state index contributed by atoms with van der Waals surface area (Å²) in [7, 11) is 0. The van der Waals surface area contributed by atoms with Gasteiger partial charge in [-0.25, -0.2) is 4.98 Å². The van der Waals surface area contributed by atoms with Crippen molar-refractivity contribution >= 4 is 11.5 Å². The van der Waals surface area contributed by atoms with Gasteiger partial charge in [0.05, 0.1) is 0 Å². The van der Waals surface area contributed by atoms with Crippen LogP contribution in [0.15, 0.2) is 42.6 Å². The summed E-state index contributed by atoms with van der Waals surface area (Å²) in [6.07, 6.45) is 5.13. The molecule has 4 nitrogen and oxygen atoms in total. The highest BCUT2D eigenvalue weighted by Gasteiger charge is 2.34. The Morgan fingerprint density at radius 3 is 2.67 bits per heavy atom. The second-order valence-corrected chi connectivity index (χ2v) is 5.82. The first-order valence-corrected chi connectivity index (χ1v) is 7.38. The minimum Gasteiger partial charge on any atom is -0.485 e. The fraction of sp³-hybridized carbons (Fsp3) is 0.353.